The molecule has 0 saturated carbocycles. The van der Waals surface area contributed by atoms with Crippen molar-refractivity contribution in [3.05, 3.63) is 28.5 Å². The van der Waals surface area contributed by atoms with Crippen LogP contribution in [0.3, 0.4) is 0 Å². The Bertz CT molecular complexity index is 753. The Hall–Kier alpha value is -2.21. The first-order valence-electron chi connectivity index (χ1n) is 6.99. The van der Waals surface area contributed by atoms with Crippen LogP contribution in [0, 0.1) is 5.92 Å². The van der Waals surface area contributed by atoms with Crippen molar-refractivity contribution in [1.29, 1.82) is 0 Å². The van der Waals surface area contributed by atoms with E-state index in [9.17, 15) is 14.7 Å². The Morgan fingerprint density at radius 2 is 1.96 bits per heavy atom. The zero-order valence-corrected chi connectivity index (χ0v) is 13.6. The molecule has 0 bridgehead atoms. The summed E-state index contributed by atoms with van der Waals surface area (Å²) in [5, 5.41) is 10.4. The molecule has 7 heteroatoms. The second-order valence-electron chi connectivity index (χ2n) is 5.57. The topological polar surface area (TPSA) is 82.1 Å². The van der Waals surface area contributed by atoms with E-state index in [1.165, 1.54) is 20.3 Å². The number of carbonyl (C=O) groups is 2. The van der Waals surface area contributed by atoms with Crippen LogP contribution in [0.25, 0.3) is 0 Å². The fourth-order valence-corrected chi connectivity index (χ4v) is 3.38. The number of ether oxygens (including phenoxy) is 3. The molecule has 23 heavy (non-hydrogen) atoms. The molecule has 2 aliphatic rings. The minimum Gasteiger partial charge on any atom is -0.507 e. The van der Waals surface area contributed by atoms with Crippen molar-refractivity contribution in [2.45, 2.75) is 18.9 Å². The van der Waals surface area contributed by atoms with Crippen LogP contribution in [0.5, 0.6) is 17.2 Å². The maximum absolute atomic E-state index is 13.0. The third kappa shape index (κ3) is 1.94. The van der Waals surface area contributed by atoms with Crippen molar-refractivity contribution >= 4 is 23.2 Å². The average molecular weight is 339 g/mol. The number of benzene rings is 1. The summed E-state index contributed by atoms with van der Waals surface area (Å²) in [6, 6.07) is 1.49. The number of hydrogen-bond acceptors (Lipinski definition) is 6. The predicted octanol–water partition coefficient (Wildman–Crippen LogP) is 2.72. The number of rotatable bonds is 2. The second-order valence-corrected chi connectivity index (χ2v) is 5.95. The van der Waals surface area contributed by atoms with Gasteiger partial charge in [0, 0.05) is 24.5 Å². The molecule has 3 rings (SSSR count). The lowest BCUT2D eigenvalue weighted by molar-refractivity contribution is -0.118. The zero-order chi connectivity index (χ0) is 16.9. The lowest BCUT2D eigenvalue weighted by Gasteiger charge is -2.34. The van der Waals surface area contributed by atoms with Gasteiger partial charge in [-0.25, -0.2) is 0 Å². The van der Waals surface area contributed by atoms with E-state index in [-0.39, 0.29) is 40.0 Å². The molecule has 0 radical (unpaired) electrons. The minimum atomic E-state index is -1.65. The van der Waals surface area contributed by atoms with Gasteiger partial charge in [-0.15, -0.1) is 0 Å². The zero-order valence-electron chi connectivity index (χ0n) is 12.8. The van der Waals surface area contributed by atoms with Gasteiger partial charge in [0.15, 0.2) is 11.5 Å². The SMILES string of the molecule is COc1cc(OC)c2c(c1Cl)O[C@]1(C2=O)C(O)=CC(=O)C[C@H]1C. The maximum Gasteiger partial charge on any atom is 0.230 e. The average Bonchev–Trinajstić information content (AvgIpc) is 2.82. The fraction of sp³-hybridized carbons (Fsp3) is 0.375. The highest BCUT2D eigenvalue weighted by Gasteiger charge is 2.59. The van der Waals surface area contributed by atoms with Gasteiger partial charge in [0.1, 0.15) is 27.8 Å². The number of methoxy groups -OCH3 is 2. The normalized spacial score (nSPS) is 25.9. The van der Waals surface area contributed by atoms with Crippen LogP contribution in [-0.2, 0) is 4.79 Å². The van der Waals surface area contributed by atoms with E-state index >= 15 is 0 Å². The van der Waals surface area contributed by atoms with Crippen LogP contribution >= 0.6 is 11.6 Å². The van der Waals surface area contributed by atoms with Crippen LogP contribution in [0.4, 0.5) is 0 Å². The number of aliphatic hydroxyl groups is 1. The lowest BCUT2D eigenvalue weighted by atomic mass is 9.75. The highest BCUT2D eigenvalue weighted by molar-refractivity contribution is 6.35. The summed E-state index contributed by atoms with van der Waals surface area (Å²) in [4.78, 5) is 24.6. The highest BCUT2D eigenvalue weighted by Crippen LogP contribution is 2.53. The third-order valence-electron chi connectivity index (χ3n) is 4.30. The Morgan fingerprint density at radius 3 is 2.52 bits per heavy atom. The Balaban J connectivity index is 2.25. The Kier molecular flexibility index (Phi) is 3.52. The molecule has 0 fully saturated rings. The number of ketones is 2. The molecular weight excluding hydrogens is 324 g/mol. The van der Waals surface area contributed by atoms with E-state index in [0.29, 0.717) is 0 Å². The molecule has 2 atom stereocenters. The van der Waals surface area contributed by atoms with Gasteiger partial charge in [-0.1, -0.05) is 18.5 Å². The molecule has 1 N–H and O–H groups in total. The molecule has 1 aromatic carbocycles. The molecule has 0 unspecified atom stereocenters. The van der Waals surface area contributed by atoms with Gasteiger partial charge in [0.2, 0.25) is 11.4 Å². The van der Waals surface area contributed by atoms with Gasteiger partial charge < -0.3 is 19.3 Å². The first-order chi connectivity index (χ1) is 10.9. The molecule has 0 aromatic heterocycles. The van der Waals surface area contributed by atoms with Gasteiger partial charge >= 0.3 is 0 Å². The second kappa shape index (κ2) is 5.16. The molecule has 6 nitrogen and oxygen atoms in total. The monoisotopic (exact) mass is 338 g/mol. The number of carbonyl (C=O) groups excluding carboxylic acids is 2. The van der Waals surface area contributed by atoms with Gasteiger partial charge in [0.25, 0.3) is 0 Å². The van der Waals surface area contributed by atoms with Crippen LogP contribution in [-0.4, -0.2) is 36.5 Å². The van der Waals surface area contributed by atoms with Crippen LogP contribution in [0.15, 0.2) is 17.9 Å². The van der Waals surface area contributed by atoms with Crippen molar-refractivity contribution in [1.82, 2.24) is 0 Å². The van der Waals surface area contributed by atoms with Crippen LogP contribution in [0.2, 0.25) is 5.02 Å². The van der Waals surface area contributed by atoms with Gasteiger partial charge in [-0.2, -0.15) is 0 Å². The fourth-order valence-electron chi connectivity index (χ4n) is 3.11. The number of allylic oxidation sites excluding steroid dienone is 1. The molecule has 122 valence electrons. The van der Waals surface area contributed by atoms with E-state index in [4.69, 9.17) is 25.8 Å². The van der Waals surface area contributed by atoms with Crippen LogP contribution < -0.4 is 14.2 Å². The summed E-state index contributed by atoms with van der Waals surface area (Å²) in [6.07, 6.45) is 1.11. The molecule has 1 spiro atoms. The lowest BCUT2D eigenvalue weighted by Crippen LogP contribution is -2.51. The highest BCUT2D eigenvalue weighted by atomic mass is 35.5. The predicted molar refractivity (Wildman–Crippen MR) is 81.7 cm³/mol. The van der Waals surface area contributed by atoms with E-state index in [2.05, 4.69) is 0 Å². The number of Topliss-reactive ketones (excluding diaryl/α,β-unsaturated/α-hetero) is 1. The standard InChI is InChI=1S/C16H15ClO6/c1-7-4-8(18)5-11(19)16(7)15(20)12-9(21-2)6-10(22-3)13(17)14(12)23-16/h5-7,19H,4H2,1-3H3/t7-,16+/m1/s1. The first kappa shape index (κ1) is 15.7. The molecular formula is C16H15ClO6. The summed E-state index contributed by atoms with van der Waals surface area (Å²) < 4.78 is 16.2. The maximum atomic E-state index is 13.0. The van der Waals surface area contributed by atoms with Gasteiger partial charge in [-0.3, -0.25) is 9.59 Å². The number of fused-ring (bicyclic) bond motifs is 1. The number of aliphatic hydroxyl groups excluding tert-OH is 1. The Morgan fingerprint density at radius 1 is 1.30 bits per heavy atom. The van der Waals surface area contributed by atoms with E-state index in [0.717, 1.165) is 6.08 Å². The van der Waals surface area contributed by atoms with Crippen molar-refractivity contribution in [3.8, 4) is 17.2 Å². The van der Waals surface area contributed by atoms with Crippen molar-refractivity contribution in [3.63, 3.8) is 0 Å². The quantitative estimate of drug-likeness (QED) is 0.892. The largest absolute Gasteiger partial charge is 0.507 e. The molecule has 0 saturated heterocycles. The molecule has 1 aliphatic carbocycles. The molecule has 0 amide bonds. The summed E-state index contributed by atoms with van der Waals surface area (Å²) in [7, 11) is 2.84. The Labute approximate surface area is 137 Å². The minimum absolute atomic E-state index is 0.0842. The third-order valence-corrected chi connectivity index (χ3v) is 4.66. The van der Waals surface area contributed by atoms with Crippen LogP contribution in [0.1, 0.15) is 23.7 Å². The van der Waals surface area contributed by atoms with E-state index in [1.54, 1.807) is 6.92 Å². The van der Waals surface area contributed by atoms with Gasteiger partial charge in [-0.05, 0) is 0 Å². The van der Waals surface area contributed by atoms with Crippen molar-refractivity contribution < 1.29 is 28.9 Å². The molecule has 1 heterocycles. The first-order valence-corrected chi connectivity index (χ1v) is 7.36. The summed E-state index contributed by atoms with van der Waals surface area (Å²) in [6.45, 7) is 1.67. The number of hydrogen-bond donors (Lipinski definition) is 1. The summed E-state index contributed by atoms with van der Waals surface area (Å²) in [5.74, 6) is -1.10. The van der Waals surface area contributed by atoms with E-state index in [1.807, 2.05) is 0 Å². The summed E-state index contributed by atoms with van der Waals surface area (Å²) >= 11 is 6.25. The van der Waals surface area contributed by atoms with E-state index < -0.39 is 23.1 Å². The number of halogens is 1. The van der Waals surface area contributed by atoms with Gasteiger partial charge in [0.05, 0.1) is 14.2 Å². The molecule has 1 aromatic rings. The summed E-state index contributed by atoms with van der Waals surface area (Å²) in [5.41, 5.74) is -1.51. The smallest absolute Gasteiger partial charge is 0.230 e. The van der Waals surface area contributed by atoms with Crippen molar-refractivity contribution in [2.75, 3.05) is 14.2 Å². The van der Waals surface area contributed by atoms with Crippen molar-refractivity contribution in [2.24, 2.45) is 5.92 Å². The molecule has 1 aliphatic heterocycles.